The van der Waals surface area contributed by atoms with Crippen LogP contribution in [0.1, 0.15) is 31.5 Å². The lowest BCUT2D eigenvalue weighted by atomic mass is 10.1. The van der Waals surface area contributed by atoms with Gasteiger partial charge in [-0.05, 0) is 30.0 Å². The summed E-state index contributed by atoms with van der Waals surface area (Å²) in [6.07, 6.45) is 1.68. The summed E-state index contributed by atoms with van der Waals surface area (Å²) in [5, 5.41) is 0.564. The molecule has 2 aromatic heterocycles. The van der Waals surface area contributed by atoms with Gasteiger partial charge in [-0.2, -0.15) is 0 Å². The highest BCUT2D eigenvalue weighted by atomic mass is 19.2. The van der Waals surface area contributed by atoms with Crippen molar-refractivity contribution in [2.24, 2.45) is 0 Å². The summed E-state index contributed by atoms with van der Waals surface area (Å²) >= 11 is 0. The van der Waals surface area contributed by atoms with Crippen LogP contribution in [-0.2, 0) is 6.54 Å². The highest BCUT2D eigenvalue weighted by molar-refractivity contribution is 5.85. The Labute approximate surface area is 158 Å². The molecule has 0 radical (unpaired) electrons. The second kappa shape index (κ2) is 8.50. The number of halogens is 4. The molecule has 0 saturated heterocycles. The molecule has 0 saturated carbocycles. The number of nitrogens with zero attached hydrogens (tertiary/aromatic N) is 3. The molecule has 0 N–H and O–H groups in total. The van der Waals surface area contributed by atoms with Crippen LogP contribution in [0.25, 0.3) is 22.2 Å². The summed E-state index contributed by atoms with van der Waals surface area (Å²) in [6, 6.07) is 4.06. The Balaban J connectivity index is 1.98. The van der Waals surface area contributed by atoms with E-state index in [0.717, 1.165) is 18.5 Å². The minimum Gasteiger partial charge on any atom is -0.312 e. The first-order valence-electron chi connectivity index (χ1n) is 8.93. The van der Waals surface area contributed by atoms with Crippen LogP contribution < -0.4 is 5.56 Å². The Morgan fingerprint density at radius 1 is 1.18 bits per heavy atom. The quantitative estimate of drug-likeness (QED) is 0.546. The summed E-state index contributed by atoms with van der Waals surface area (Å²) in [7, 11) is 0. The second-order valence-corrected chi connectivity index (χ2v) is 6.54. The van der Waals surface area contributed by atoms with Crippen LogP contribution in [0, 0.1) is 5.82 Å². The van der Waals surface area contributed by atoms with Gasteiger partial charge in [-0.1, -0.05) is 13.3 Å². The number of fused-ring (bicyclic) bond motifs is 1. The Hall–Kier alpha value is -2.77. The van der Waals surface area contributed by atoms with Crippen molar-refractivity contribution in [3.63, 3.8) is 0 Å². The van der Waals surface area contributed by atoms with Crippen molar-refractivity contribution in [2.75, 3.05) is 6.67 Å². The van der Waals surface area contributed by atoms with Gasteiger partial charge in [-0.3, -0.25) is 4.79 Å². The minimum atomic E-state index is -1.83. The van der Waals surface area contributed by atoms with Crippen molar-refractivity contribution < 1.29 is 17.6 Å². The third-order valence-electron chi connectivity index (χ3n) is 4.47. The maximum absolute atomic E-state index is 14.6. The number of pyridine rings is 1. The van der Waals surface area contributed by atoms with Gasteiger partial charge < -0.3 is 4.57 Å². The van der Waals surface area contributed by atoms with E-state index in [1.165, 1.54) is 16.8 Å². The summed E-state index contributed by atoms with van der Waals surface area (Å²) in [5.41, 5.74) is -0.495. The van der Waals surface area contributed by atoms with Gasteiger partial charge in [0.2, 0.25) is 0 Å². The molecule has 2 unspecified atom stereocenters. The molecule has 0 aliphatic carbocycles. The van der Waals surface area contributed by atoms with Crippen LogP contribution in [-0.4, -0.2) is 27.4 Å². The van der Waals surface area contributed by atoms with E-state index in [9.17, 15) is 22.4 Å². The van der Waals surface area contributed by atoms with Crippen molar-refractivity contribution >= 4 is 10.8 Å². The molecule has 28 heavy (non-hydrogen) atoms. The Bertz CT molecular complexity index is 1020. The Morgan fingerprint density at radius 2 is 1.89 bits per heavy atom. The molecule has 3 aromatic rings. The topological polar surface area (TPSA) is 47.8 Å². The molecule has 0 fully saturated rings. The van der Waals surface area contributed by atoms with Gasteiger partial charge >= 0.3 is 0 Å². The number of alkyl halides is 3. The van der Waals surface area contributed by atoms with E-state index in [1.54, 1.807) is 6.07 Å². The maximum atomic E-state index is 14.6. The summed E-state index contributed by atoms with van der Waals surface area (Å²) < 4.78 is 55.4. The predicted octanol–water partition coefficient (Wildman–Crippen LogP) is 4.72. The molecule has 0 aliphatic heterocycles. The number of aromatic nitrogens is 3. The smallest absolute Gasteiger partial charge is 0.258 e. The van der Waals surface area contributed by atoms with Crippen molar-refractivity contribution in [2.45, 2.75) is 38.7 Å². The van der Waals surface area contributed by atoms with Crippen molar-refractivity contribution in [3.8, 4) is 11.4 Å². The average molecular weight is 393 g/mol. The maximum Gasteiger partial charge on any atom is 0.258 e. The van der Waals surface area contributed by atoms with Gasteiger partial charge in [0.15, 0.2) is 12.0 Å². The van der Waals surface area contributed by atoms with E-state index in [2.05, 4.69) is 9.97 Å². The van der Waals surface area contributed by atoms with Crippen molar-refractivity contribution in [1.29, 1.82) is 0 Å². The number of benzene rings is 1. The first-order valence-corrected chi connectivity index (χ1v) is 8.93. The standard InChI is InChI=1S/C20H19F4N3O/c1-2-3-14(22)11-27-5-4-12-6-16(17(23)7-15(12)20(27)28)19-25-9-13(10-26-19)18(24)8-21/h4-7,9-10,14,18H,2-3,8,11H2,1H3. The third-order valence-corrected chi connectivity index (χ3v) is 4.47. The fourth-order valence-corrected chi connectivity index (χ4v) is 2.97. The third kappa shape index (κ3) is 4.05. The molecule has 0 aliphatic rings. The molecular weight excluding hydrogens is 374 g/mol. The highest BCUT2D eigenvalue weighted by Gasteiger charge is 2.16. The van der Waals surface area contributed by atoms with E-state index < -0.39 is 30.4 Å². The zero-order valence-corrected chi connectivity index (χ0v) is 15.2. The summed E-state index contributed by atoms with van der Waals surface area (Å²) in [4.78, 5) is 20.3. The van der Waals surface area contributed by atoms with Gasteiger partial charge in [-0.15, -0.1) is 0 Å². The molecule has 2 atom stereocenters. The molecule has 4 nitrogen and oxygen atoms in total. The van der Waals surface area contributed by atoms with Gasteiger partial charge in [0.25, 0.3) is 5.56 Å². The van der Waals surface area contributed by atoms with Crippen LogP contribution in [0.2, 0.25) is 0 Å². The van der Waals surface area contributed by atoms with Crippen LogP contribution in [0.15, 0.2) is 41.6 Å². The van der Waals surface area contributed by atoms with E-state index in [-0.39, 0.29) is 28.9 Å². The van der Waals surface area contributed by atoms with Crippen molar-refractivity contribution in [3.05, 3.63) is 58.5 Å². The van der Waals surface area contributed by atoms with Crippen LogP contribution in [0.4, 0.5) is 17.6 Å². The molecule has 0 spiro atoms. The lowest BCUT2D eigenvalue weighted by molar-refractivity contribution is 0.265. The van der Waals surface area contributed by atoms with E-state index >= 15 is 0 Å². The molecule has 3 rings (SSSR count). The van der Waals surface area contributed by atoms with Crippen LogP contribution in [0.3, 0.4) is 0 Å². The summed E-state index contributed by atoms with van der Waals surface area (Å²) in [6.45, 7) is 0.569. The van der Waals surface area contributed by atoms with Crippen molar-refractivity contribution in [1.82, 2.24) is 14.5 Å². The largest absolute Gasteiger partial charge is 0.312 e. The predicted molar refractivity (Wildman–Crippen MR) is 98.8 cm³/mol. The average Bonchev–Trinajstić information content (AvgIpc) is 2.70. The number of rotatable bonds is 7. The molecular formula is C20H19F4N3O. The lowest BCUT2D eigenvalue weighted by Gasteiger charge is -2.11. The van der Waals surface area contributed by atoms with Gasteiger partial charge in [0.05, 0.1) is 17.5 Å². The zero-order valence-electron chi connectivity index (χ0n) is 15.2. The molecule has 2 heterocycles. The number of hydrogen-bond acceptors (Lipinski definition) is 3. The highest BCUT2D eigenvalue weighted by Crippen LogP contribution is 2.25. The molecule has 8 heteroatoms. The van der Waals surface area contributed by atoms with E-state index in [0.29, 0.717) is 18.2 Å². The van der Waals surface area contributed by atoms with Crippen LogP contribution in [0.5, 0.6) is 0 Å². The second-order valence-electron chi connectivity index (χ2n) is 6.54. The summed E-state index contributed by atoms with van der Waals surface area (Å²) in [5.74, 6) is -0.743. The molecule has 148 valence electrons. The van der Waals surface area contributed by atoms with Crippen LogP contribution >= 0.6 is 0 Å². The SMILES string of the molecule is CCCC(F)Cn1ccc2cc(-c3ncc(C(F)CF)cn3)c(F)cc2c1=O. The minimum absolute atomic E-state index is 0.00912. The molecule has 0 bridgehead atoms. The fourth-order valence-electron chi connectivity index (χ4n) is 2.97. The fraction of sp³-hybridized carbons (Fsp3) is 0.350. The molecule has 0 amide bonds. The van der Waals surface area contributed by atoms with Gasteiger partial charge in [-0.25, -0.2) is 27.5 Å². The Kier molecular flexibility index (Phi) is 6.06. The lowest BCUT2D eigenvalue weighted by Crippen LogP contribution is -2.24. The molecule has 1 aromatic carbocycles. The zero-order chi connectivity index (χ0) is 20.3. The Morgan fingerprint density at radius 3 is 2.54 bits per heavy atom. The number of hydrogen-bond donors (Lipinski definition) is 0. The first kappa shape index (κ1) is 20.0. The normalized spacial score (nSPS) is 13.6. The van der Waals surface area contributed by atoms with Gasteiger partial charge in [0.1, 0.15) is 18.7 Å². The monoisotopic (exact) mass is 393 g/mol. The van der Waals surface area contributed by atoms with Gasteiger partial charge in [0, 0.05) is 24.2 Å². The van der Waals surface area contributed by atoms with E-state index in [1.807, 2.05) is 6.92 Å². The first-order chi connectivity index (χ1) is 13.4. The van der Waals surface area contributed by atoms with E-state index in [4.69, 9.17) is 0 Å².